The van der Waals surface area contributed by atoms with Crippen molar-refractivity contribution in [3.63, 3.8) is 0 Å². The normalized spacial score (nSPS) is 12.1. The van der Waals surface area contributed by atoms with Crippen LogP contribution in [-0.2, 0) is 38.2 Å². The summed E-state index contributed by atoms with van der Waals surface area (Å²) in [5.74, 6) is -2.74. The number of carboxylic acids is 1. The summed E-state index contributed by atoms with van der Waals surface area (Å²) in [6.07, 6.45) is 59.2. The summed E-state index contributed by atoms with van der Waals surface area (Å²) in [5.41, 5.74) is -1.53. The molecule has 442 valence electrons. The van der Waals surface area contributed by atoms with Gasteiger partial charge in [0.25, 0.3) is 0 Å². The van der Waals surface area contributed by atoms with E-state index in [0.29, 0.717) is 19.3 Å². The Labute approximate surface area is 466 Å². The summed E-state index contributed by atoms with van der Waals surface area (Å²) >= 11 is 0. The highest BCUT2D eigenvalue weighted by atomic mass is 16.6. The molecule has 0 rings (SSSR count). The highest BCUT2D eigenvalue weighted by Crippen LogP contribution is 2.18. The number of carbonyl (C=O) groups excluding carboxylic acids is 4. The fraction of sp³-hybridized carbons (Fsp3) is 0.831. The number of ether oxygens (including phenoxy) is 3. The summed E-state index contributed by atoms with van der Waals surface area (Å²) in [4.78, 5) is 65.0. The minimum absolute atomic E-state index is 0.0450. The van der Waals surface area contributed by atoms with E-state index in [4.69, 9.17) is 14.2 Å². The second kappa shape index (κ2) is 53.5. The largest absolute Gasteiger partial charge is 0.477 e. The fourth-order valence-electron chi connectivity index (χ4n) is 9.33. The van der Waals surface area contributed by atoms with Crippen molar-refractivity contribution in [3.05, 3.63) is 36.5 Å². The Balaban J connectivity index is 5.46. The van der Waals surface area contributed by atoms with Crippen LogP contribution in [0.5, 0.6) is 0 Å². The van der Waals surface area contributed by atoms with Crippen molar-refractivity contribution in [2.75, 3.05) is 47.0 Å². The summed E-state index contributed by atoms with van der Waals surface area (Å²) in [6, 6.07) is 0. The quantitative estimate of drug-likeness (QED) is 0.0200. The van der Waals surface area contributed by atoms with Gasteiger partial charge in [0.15, 0.2) is 6.54 Å². The average molecular weight is 1070 g/mol. The number of quaternary nitrogens is 1. The zero-order chi connectivity index (χ0) is 55.9. The smallest absolute Gasteiger partial charge is 0.359 e. The van der Waals surface area contributed by atoms with E-state index in [1.165, 1.54) is 116 Å². The van der Waals surface area contributed by atoms with E-state index in [0.717, 1.165) is 116 Å². The molecule has 0 unspecified atom stereocenters. The van der Waals surface area contributed by atoms with Crippen LogP contribution >= 0.6 is 0 Å². The molecule has 0 heterocycles. The molecule has 0 aromatic heterocycles. The number of unbranched alkanes of at least 4 members (excludes halogenated alkanes) is 33. The molecule has 0 fully saturated rings. The fourth-order valence-corrected chi connectivity index (χ4v) is 9.33. The van der Waals surface area contributed by atoms with Crippen LogP contribution in [0.1, 0.15) is 297 Å². The lowest BCUT2D eigenvalue weighted by molar-refractivity contribution is -0.882. The number of amides is 1. The SMILES string of the molecule is CCCCCCCCC=CCCCCCCCC(=O)OCC(COC(=O)CCCCCCC/C=C\CCCCCCCC)(COC(=O)CCCCCCC/C=C\CCCCCCCC)NC(=O)CC[N+](C)(C)CC(=O)O. The highest BCUT2D eigenvalue weighted by molar-refractivity contribution is 5.77. The number of carbonyl (C=O) groups is 5. The van der Waals surface area contributed by atoms with Gasteiger partial charge in [-0.1, -0.05) is 211 Å². The third kappa shape index (κ3) is 51.3. The molecule has 0 bridgehead atoms. The molecule has 11 nitrogen and oxygen atoms in total. The van der Waals surface area contributed by atoms with Gasteiger partial charge in [-0.2, -0.15) is 0 Å². The molecule has 0 saturated heterocycles. The van der Waals surface area contributed by atoms with E-state index in [2.05, 4.69) is 62.5 Å². The lowest BCUT2D eigenvalue weighted by Crippen LogP contribution is -2.60. The first kappa shape index (κ1) is 72.5. The number of aliphatic carboxylic acids is 1. The van der Waals surface area contributed by atoms with E-state index >= 15 is 0 Å². The van der Waals surface area contributed by atoms with E-state index in [1.807, 2.05) is 0 Å². The first-order chi connectivity index (χ1) is 36.9. The van der Waals surface area contributed by atoms with Gasteiger partial charge in [0.2, 0.25) is 5.91 Å². The summed E-state index contributed by atoms with van der Waals surface area (Å²) in [5, 5.41) is 12.4. The molecule has 0 aromatic carbocycles. The number of carboxylic acid groups (broad SMARTS) is 1. The first-order valence-electron chi connectivity index (χ1n) is 31.6. The highest BCUT2D eigenvalue weighted by Gasteiger charge is 2.38. The molecule has 0 saturated carbocycles. The van der Waals surface area contributed by atoms with Crippen molar-refractivity contribution < 1.29 is 47.8 Å². The van der Waals surface area contributed by atoms with Crippen LogP contribution in [0.25, 0.3) is 0 Å². The van der Waals surface area contributed by atoms with Crippen LogP contribution in [0, 0.1) is 0 Å². The minimum Gasteiger partial charge on any atom is -0.477 e. The molecule has 11 heteroatoms. The molecule has 0 aliphatic heterocycles. The predicted octanol–water partition coefficient (Wildman–Crippen LogP) is 17.1. The van der Waals surface area contributed by atoms with Gasteiger partial charge < -0.3 is 29.1 Å². The Kier molecular flexibility index (Phi) is 51.1. The summed E-state index contributed by atoms with van der Waals surface area (Å²) < 4.78 is 17.6. The lowest BCUT2D eigenvalue weighted by atomic mass is 10.0. The Morgan fingerprint density at radius 3 is 0.895 bits per heavy atom. The van der Waals surface area contributed by atoms with Crippen LogP contribution in [0.2, 0.25) is 0 Å². The molecule has 0 atom stereocenters. The van der Waals surface area contributed by atoms with E-state index < -0.39 is 35.3 Å². The maximum atomic E-state index is 13.7. The molecular weight excluding hydrogens is 953 g/mol. The number of esters is 3. The Morgan fingerprint density at radius 2 is 0.632 bits per heavy atom. The van der Waals surface area contributed by atoms with Gasteiger partial charge in [0.05, 0.1) is 27.1 Å². The number of hydrogen-bond donors (Lipinski definition) is 2. The van der Waals surface area contributed by atoms with E-state index in [9.17, 15) is 29.1 Å². The second-order valence-corrected chi connectivity index (χ2v) is 22.8. The summed E-state index contributed by atoms with van der Waals surface area (Å²) in [7, 11) is 3.47. The number of likely N-dealkylation sites (N-methyl/N-ethyl adjacent to an activating group) is 1. The van der Waals surface area contributed by atoms with Crippen molar-refractivity contribution in [2.45, 2.75) is 302 Å². The Bertz CT molecular complexity index is 1350. The monoisotopic (exact) mass is 1070 g/mol. The minimum atomic E-state index is -1.53. The number of allylic oxidation sites excluding steroid dienone is 6. The van der Waals surface area contributed by atoms with Gasteiger partial charge in [-0.25, -0.2) is 4.79 Å². The van der Waals surface area contributed by atoms with E-state index in [1.54, 1.807) is 14.1 Å². The van der Waals surface area contributed by atoms with Gasteiger partial charge in [0.1, 0.15) is 25.4 Å². The van der Waals surface area contributed by atoms with E-state index in [-0.39, 0.29) is 63.1 Å². The first-order valence-corrected chi connectivity index (χ1v) is 31.6. The lowest BCUT2D eigenvalue weighted by Gasteiger charge is -2.34. The van der Waals surface area contributed by atoms with Gasteiger partial charge in [-0.15, -0.1) is 0 Å². The number of nitrogens with zero attached hydrogens (tertiary/aromatic N) is 1. The van der Waals surface area contributed by atoms with Crippen LogP contribution in [-0.4, -0.2) is 91.9 Å². The molecule has 2 N–H and O–H groups in total. The van der Waals surface area contributed by atoms with Gasteiger partial charge in [-0.05, 0) is 96.3 Å². The molecule has 76 heavy (non-hydrogen) atoms. The van der Waals surface area contributed by atoms with Crippen molar-refractivity contribution in [3.8, 4) is 0 Å². The molecule has 0 spiro atoms. The van der Waals surface area contributed by atoms with Crippen molar-refractivity contribution in [2.24, 2.45) is 0 Å². The maximum Gasteiger partial charge on any atom is 0.359 e. The Morgan fingerprint density at radius 1 is 0.382 bits per heavy atom. The molecule has 0 aliphatic carbocycles. The van der Waals surface area contributed by atoms with Crippen LogP contribution < -0.4 is 5.32 Å². The molecule has 0 aromatic rings. The van der Waals surface area contributed by atoms with Crippen LogP contribution in [0.15, 0.2) is 36.5 Å². The second-order valence-electron chi connectivity index (χ2n) is 22.8. The zero-order valence-electron chi connectivity index (χ0n) is 50.1. The maximum absolute atomic E-state index is 13.7. The standard InChI is InChI=1S/C65H118N2O9/c1-6-9-12-15-18-21-24-27-30-33-36-39-42-45-48-51-62(71)74-57-65(66-60(68)54-55-67(4,5)56-61(69)70,58-75-63(72)52-49-46-43-40-37-34-31-28-25-22-19-16-13-10-7-2)59-76-64(73)53-50-47-44-41-38-35-32-29-26-23-20-17-14-11-8-3/h27-32H,6-26,33-59H2,1-5H3,(H-,66,68,69,70)/p+1/b30-27-,31-28-,32-29?. The molecule has 0 aliphatic rings. The van der Waals surface area contributed by atoms with Gasteiger partial charge in [-0.3, -0.25) is 19.2 Å². The number of rotatable bonds is 57. The third-order valence-electron chi connectivity index (χ3n) is 14.4. The molecule has 1 amide bonds. The van der Waals surface area contributed by atoms with Gasteiger partial charge in [0, 0.05) is 19.3 Å². The van der Waals surface area contributed by atoms with Crippen LogP contribution in [0.3, 0.4) is 0 Å². The summed E-state index contributed by atoms with van der Waals surface area (Å²) in [6.45, 7) is 5.74. The number of hydrogen-bond acceptors (Lipinski definition) is 8. The van der Waals surface area contributed by atoms with Crippen molar-refractivity contribution in [1.29, 1.82) is 0 Å². The zero-order valence-corrected chi connectivity index (χ0v) is 50.1. The Hall–Kier alpha value is -3.47. The van der Waals surface area contributed by atoms with Gasteiger partial charge >= 0.3 is 23.9 Å². The predicted molar refractivity (Wildman–Crippen MR) is 316 cm³/mol. The molecular formula is C65H119N2O9+. The third-order valence-corrected chi connectivity index (χ3v) is 14.4. The van der Waals surface area contributed by atoms with Crippen molar-refractivity contribution in [1.82, 2.24) is 5.32 Å². The molecule has 0 radical (unpaired) electrons. The average Bonchev–Trinajstić information content (AvgIpc) is 3.39. The van der Waals surface area contributed by atoms with Crippen molar-refractivity contribution >= 4 is 29.8 Å². The van der Waals surface area contributed by atoms with Crippen LogP contribution in [0.4, 0.5) is 0 Å². The number of nitrogens with one attached hydrogen (secondary N) is 1. The topological polar surface area (TPSA) is 145 Å².